The van der Waals surface area contributed by atoms with Gasteiger partial charge in [-0.1, -0.05) is 0 Å². The van der Waals surface area contributed by atoms with E-state index in [0.29, 0.717) is 0 Å². The van der Waals surface area contributed by atoms with Crippen molar-refractivity contribution >= 4 is 0 Å². The number of nitrogens with zero attached hydrogens (tertiary/aromatic N) is 2. The molecule has 1 heterocycles. The Kier molecular flexibility index (Phi) is 2.75. The van der Waals surface area contributed by atoms with Crippen LogP contribution < -0.4 is 0 Å². The summed E-state index contributed by atoms with van der Waals surface area (Å²) in [6.45, 7) is 0. The second-order valence-electron chi connectivity index (χ2n) is 2.34. The Hall–Kier alpha value is -1.70. The van der Waals surface area contributed by atoms with Crippen molar-refractivity contribution in [2.24, 2.45) is 0 Å². The number of alkyl halides is 2. The first kappa shape index (κ1) is 9.39. The standard InChI is InChI=1S/C8H6F2N2O/c9-8(10)6-7(13)5(1-3-11)2-4-12-6/h2,4,8,13H,1H2. The van der Waals surface area contributed by atoms with Gasteiger partial charge in [0.1, 0.15) is 11.4 Å². The predicted molar refractivity (Wildman–Crippen MR) is 40.2 cm³/mol. The molecule has 0 aliphatic carbocycles. The minimum Gasteiger partial charge on any atom is -0.505 e. The SMILES string of the molecule is N#CCc1ccnc(C(F)F)c1O. The van der Waals surface area contributed by atoms with Crippen molar-refractivity contribution in [3.8, 4) is 11.8 Å². The largest absolute Gasteiger partial charge is 0.505 e. The van der Waals surface area contributed by atoms with E-state index in [-0.39, 0.29) is 12.0 Å². The molecule has 13 heavy (non-hydrogen) atoms. The van der Waals surface area contributed by atoms with Gasteiger partial charge in [-0.05, 0) is 6.07 Å². The zero-order valence-corrected chi connectivity index (χ0v) is 6.54. The van der Waals surface area contributed by atoms with Crippen LogP contribution in [0.1, 0.15) is 17.7 Å². The molecule has 0 radical (unpaired) electrons. The van der Waals surface area contributed by atoms with Crippen LogP contribution in [0.15, 0.2) is 12.3 Å². The molecule has 0 aromatic carbocycles. The average molecular weight is 184 g/mol. The zero-order valence-electron chi connectivity index (χ0n) is 6.54. The zero-order chi connectivity index (χ0) is 9.84. The fraction of sp³-hybridized carbons (Fsp3) is 0.250. The van der Waals surface area contributed by atoms with Crippen molar-refractivity contribution < 1.29 is 13.9 Å². The Labute approximate surface area is 73.3 Å². The molecule has 0 aliphatic heterocycles. The van der Waals surface area contributed by atoms with Gasteiger partial charge in [-0.25, -0.2) is 8.78 Å². The van der Waals surface area contributed by atoms with Gasteiger partial charge in [-0.2, -0.15) is 5.26 Å². The molecule has 0 fully saturated rings. The number of halogens is 2. The lowest BCUT2D eigenvalue weighted by atomic mass is 10.1. The summed E-state index contributed by atoms with van der Waals surface area (Å²) in [5.41, 5.74) is -0.499. The maximum absolute atomic E-state index is 12.1. The molecule has 0 atom stereocenters. The highest BCUT2D eigenvalue weighted by molar-refractivity contribution is 5.37. The minimum absolute atomic E-state index is 0.103. The Morgan fingerprint density at radius 3 is 2.85 bits per heavy atom. The Morgan fingerprint density at radius 1 is 1.62 bits per heavy atom. The number of hydrogen-bond acceptors (Lipinski definition) is 3. The maximum Gasteiger partial charge on any atom is 0.284 e. The van der Waals surface area contributed by atoms with Gasteiger partial charge >= 0.3 is 0 Å². The fourth-order valence-corrected chi connectivity index (χ4v) is 0.900. The molecule has 5 heteroatoms. The Bertz CT molecular complexity index is 346. The highest BCUT2D eigenvalue weighted by Gasteiger charge is 2.16. The van der Waals surface area contributed by atoms with E-state index >= 15 is 0 Å². The predicted octanol–water partition coefficient (Wildman–Crippen LogP) is 1.79. The van der Waals surface area contributed by atoms with E-state index < -0.39 is 17.9 Å². The van der Waals surface area contributed by atoms with Gasteiger partial charge in [0.25, 0.3) is 6.43 Å². The summed E-state index contributed by atoms with van der Waals surface area (Å²) in [7, 11) is 0. The topological polar surface area (TPSA) is 56.9 Å². The Balaban J connectivity index is 3.12. The second kappa shape index (κ2) is 3.81. The summed E-state index contributed by atoms with van der Waals surface area (Å²) < 4.78 is 24.3. The summed E-state index contributed by atoms with van der Waals surface area (Å²) in [5.74, 6) is -0.584. The summed E-state index contributed by atoms with van der Waals surface area (Å²) in [4.78, 5) is 3.31. The lowest BCUT2D eigenvalue weighted by molar-refractivity contribution is 0.141. The number of hydrogen-bond donors (Lipinski definition) is 1. The molecule has 1 aromatic heterocycles. The fourth-order valence-electron chi connectivity index (χ4n) is 0.900. The first-order valence-electron chi connectivity index (χ1n) is 3.48. The summed E-state index contributed by atoms with van der Waals surface area (Å²) in [6.07, 6.45) is -1.78. The highest BCUT2D eigenvalue weighted by Crippen LogP contribution is 2.28. The lowest BCUT2D eigenvalue weighted by Gasteiger charge is -2.04. The van der Waals surface area contributed by atoms with E-state index in [9.17, 15) is 13.9 Å². The number of rotatable bonds is 2. The van der Waals surface area contributed by atoms with E-state index in [4.69, 9.17) is 5.26 Å². The van der Waals surface area contributed by atoms with Crippen LogP contribution in [0.3, 0.4) is 0 Å². The van der Waals surface area contributed by atoms with Crippen LogP contribution in [0.25, 0.3) is 0 Å². The summed E-state index contributed by atoms with van der Waals surface area (Å²) in [5, 5.41) is 17.5. The van der Waals surface area contributed by atoms with Crippen molar-refractivity contribution in [1.82, 2.24) is 4.98 Å². The van der Waals surface area contributed by atoms with Crippen LogP contribution in [-0.4, -0.2) is 10.1 Å². The molecule has 1 aromatic rings. The first-order chi connectivity index (χ1) is 6.16. The maximum atomic E-state index is 12.1. The molecule has 0 aliphatic rings. The van der Waals surface area contributed by atoms with E-state index in [0.717, 1.165) is 6.20 Å². The normalized spacial score (nSPS) is 10.0. The molecule has 0 saturated heterocycles. The number of aromatic hydroxyl groups is 1. The number of nitriles is 1. The summed E-state index contributed by atoms with van der Waals surface area (Å²) in [6, 6.07) is 3.10. The molecule has 1 rings (SSSR count). The second-order valence-corrected chi connectivity index (χ2v) is 2.34. The van der Waals surface area contributed by atoms with Crippen molar-refractivity contribution in [1.29, 1.82) is 5.26 Å². The third-order valence-electron chi connectivity index (χ3n) is 1.51. The van der Waals surface area contributed by atoms with Crippen molar-refractivity contribution in [2.75, 3.05) is 0 Å². The van der Waals surface area contributed by atoms with E-state index in [1.807, 2.05) is 0 Å². The van der Waals surface area contributed by atoms with Crippen LogP contribution >= 0.6 is 0 Å². The molecule has 0 saturated carbocycles. The van der Waals surface area contributed by atoms with Crippen LogP contribution in [-0.2, 0) is 6.42 Å². The highest BCUT2D eigenvalue weighted by atomic mass is 19.3. The van der Waals surface area contributed by atoms with E-state index in [1.165, 1.54) is 6.07 Å². The van der Waals surface area contributed by atoms with Gasteiger partial charge in [0.15, 0.2) is 0 Å². The monoisotopic (exact) mass is 184 g/mol. The van der Waals surface area contributed by atoms with Crippen LogP contribution in [0.5, 0.6) is 5.75 Å². The van der Waals surface area contributed by atoms with Crippen LogP contribution in [0.4, 0.5) is 8.78 Å². The average Bonchev–Trinajstić information content (AvgIpc) is 2.08. The molecular formula is C8H6F2N2O. The van der Waals surface area contributed by atoms with Crippen molar-refractivity contribution in [3.05, 3.63) is 23.5 Å². The van der Waals surface area contributed by atoms with Crippen molar-refractivity contribution in [3.63, 3.8) is 0 Å². The van der Waals surface area contributed by atoms with Gasteiger partial charge < -0.3 is 5.11 Å². The molecule has 68 valence electrons. The number of pyridine rings is 1. The molecule has 3 nitrogen and oxygen atoms in total. The van der Waals surface area contributed by atoms with Gasteiger partial charge in [-0.15, -0.1) is 0 Å². The van der Waals surface area contributed by atoms with E-state index in [1.54, 1.807) is 6.07 Å². The molecule has 1 N–H and O–H groups in total. The van der Waals surface area contributed by atoms with Crippen LogP contribution in [0.2, 0.25) is 0 Å². The van der Waals surface area contributed by atoms with Crippen LogP contribution in [0, 0.1) is 11.3 Å². The molecular weight excluding hydrogens is 178 g/mol. The first-order valence-corrected chi connectivity index (χ1v) is 3.48. The van der Waals surface area contributed by atoms with Gasteiger partial charge in [0, 0.05) is 11.8 Å². The van der Waals surface area contributed by atoms with Gasteiger partial charge in [0.05, 0.1) is 12.5 Å². The summed E-state index contributed by atoms with van der Waals surface area (Å²) >= 11 is 0. The molecule has 0 spiro atoms. The van der Waals surface area contributed by atoms with E-state index in [2.05, 4.69) is 4.98 Å². The smallest absolute Gasteiger partial charge is 0.284 e. The number of aromatic nitrogens is 1. The van der Waals surface area contributed by atoms with Gasteiger partial charge in [-0.3, -0.25) is 4.98 Å². The minimum atomic E-state index is -2.82. The Morgan fingerprint density at radius 2 is 2.31 bits per heavy atom. The third kappa shape index (κ3) is 1.90. The molecule has 0 bridgehead atoms. The van der Waals surface area contributed by atoms with Gasteiger partial charge in [0.2, 0.25) is 0 Å². The molecule has 0 unspecified atom stereocenters. The quantitative estimate of drug-likeness (QED) is 0.762. The lowest BCUT2D eigenvalue weighted by Crippen LogP contribution is -1.94. The third-order valence-corrected chi connectivity index (χ3v) is 1.51. The van der Waals surface area contributed by atoms with Crippen molar-refractivity contribution in [2.45, 2.75) is 12.8 Å². The molecule has 0 amide bonds.